The van der Waals surface area contributed by atoms with Crippen LogP contribution in [0, 0.1) is 0 Å². The summed E-state index contributed by atoms with van der Waals surface area (Å²) in [5.41, 5.74) is 4.01. The number of aromatic nitrogens is 4. The number of morpholine rings is 1. The Balaban J connectivity index is 0.00000141. The summed E-state index contributed by atoms with van der Waals surface area (Å²) >= 11 is 0. The number of nitrogen functional groups attached to an aromatic ring is 1. The van der Waals surface area contributed by atoms with Crippen molar-refractivity contribution in [2.24, 2.45) is 0 Å². The van der Waals surface area contributed by atoms with Crippen molar-refractivity contribution in [2.75, 3.05) is 50.0 Å². The molecule has 2 aromatic heterocycles. The molecule has 9 nitrogen and oxygen atoms in total. The summed E-state index contributed by atoms with van der Waals surface area (Å²) in [4.78, 5) is 17.8. The van der Waals surface area contributed by atoms with Crippen molar-refractivity contribution in [1.82, 2.24) is 25.3 Å². The Labute approximate surface area is 184 Å². The lowest BCUT2D eigenvalue weighted by atomic mass is 10.1. The molecule has 0 amide bonds. The normalized spacial score (nSPS) is 17.5. The van der Waals surface area contributed by atoms with Gasteiger partial charge in [-0.05, 0) is 25.9 Å². The predicted molar refractivity (Wildman–Crippen MR) is 113 cm³/mol. The number of halogens is 3. The summed E-state index contributed by atoms with van der Waals surface area (Å²) in [6.07, 6.45) is -2.19. The molecule has 2 aliphatic rings. The van der Waals surface area contributed by atoms with Crippen molar-refractivity contribution in [1.29, 1.82) is 0 Å². The number of anilines is 2. The second-order valence-corrected chi connectivity index (χ2v) is 7.05. The van der Waals surface area contributed by atoms with E-state index in [4.69, 9.17) is 15.2 Å². The van der Waals surface area contributed by atoms with Crippen LogP contribution in [0.1, 0.15) is 32.4 Å². The highest BCUT2D eigenvalue weighted by Crippen LogP contribution is 2.36. The van der Waals surface area contributed by atoms with Crippen LogP contribution in [0.15, 0.2) is 12.3 Å². The van der Waals surface area contributed by atoms with E-state index in [1.807, 2.05) is 18.7 Å². The maximum atomic E-state index is 13.6. The van der Waals surface area contributed by atoms with E-state index in [0.717, 1.165) is 32.1 Å². The molecule has 32 heavy (non-hydrogen) atoms. The lowest BCUT2D eigenvalue weighted by Gasteiger charge is -2.28. The molecule has 0 aromatic carbocycles. The zero-order valence-corrected chi connectivity index (χ0v) is 18.2. The summed E-state index contributed by atoms with van der Waals surface area (Å²) in [6, 6.07) is 1.40. The van der Waals surface area contributed by atoms with E-state index in [9.17, 15) is 13.2 Å². The fourth-order valence-electron chi connectivity index (χ4n) is 3.40. The first kappa shape index (κ1) is 23.9. The highest BCUT2D eigenvalue weighted by Gasteiger charge is 2.37. The molecule has 2 aliphatic heterocycles. The quantitative estimate of drug-likeness (QED) is 0.718. The van der Waals surface area contributed by atoms with Crippen LogP contribution in [0.4, 0.5) is 25.1 Å². The van der Waals surface area contributed by atoms with Crippen molar-refractivity contribution in [2.45, 2.75) is 39.0 Å². The van der Waals surface area contributed by atoms with E-state index in [1.54, 1.807) is 0 Å². The van der Waals surface area contributed by atoms with Crippen molar-refractivity contribution in [3.63, 3.8) is 0 Å². The summed E-state index contributed by atoms with van der Waals surface area (Å²) in [7, 11) is 0. The van der Waals surface area contributed by atoms with Crippen LogP contribution in [-0.2, 0) is 10.9 Å². The maximum Gasteiger partial charge on any atom is 0.434 e. The minimum Gasteiger partial charge on any atom is -0.474 e. The smallest absolute Gasteiger partial charge is 0.434 e. The number of hydrogen-bond acceptors (Lipinski definition) is 9. The number of piperidine rings is 1. The second-order valence-electron chi connectivity index (χ2n) is 7.05. The molecule has 0 spiro atoms. The highest BCUT2D eigenvalue weighted by molar-refractivity contribution is 5.65. The fraction of sp³-hybridized carbons (Fsp3) is 0.600. The number of nitrogens with zero attached hydrogens (tertiary/aromatic N) is 5. The van der Waals surface area contributed by atoms with Crippen LogP contribution >= 0.6 is 0 Å². The Hall–Kier alpha value is -2.73. The van der Waals surface area contributed by atoms with Crippen molar-refractivity contribution in [3.8, 4) is 17.1 Å². The van der Waals surface area contributed by atoms with Gasteiger partial charge in [0, 0.05) is 30.9 Å². The van der Waals surface area contributed by atoms with Crippen molar-refractivity contribution < 1.29 is 22.6 Å². The van der Waals surface area contributed by atoms with Gasteiger partial charge >= 0.3 is 6.18 Å². The first-order valence-corrected chi connectivity index (χ1v) is 10.7. The zero-order valence-electron chi connectivity index (χ0n) is 18.2. The van der Waals surface area contributed by atoms with Crippen LogP contribution in [0.2, 0.25) is 0 Å². The molecule has 12 heteroatoms. The lowest BCUT2D eigenvalue weighted by Crippen LogP contribution is -2.37. The van der Waals surface area contributed by atoms with Crippen LogP contribution in [0.25, 0.3) is 11.3 Å². The van der Waals surface area contributed by atoms with Gasteiger partial charge in [-0.25, -0.2) is 15.0 Å². The van der Waals surface area contributed by atoms with Gasteiger partial charge in [-0.3, -0.25) is 0 Å². The molecule has 0 atom stereocenters. The summed E-state index contributed by atoms with van der Waals surface area (Å²) in [5.74, 6) is 0.0442. The molecule has 2 saturated heterocycles. The van der Waals surface area contributed by atoms with E-state index in [1.165, 1.54) is 6.07 Å². The molecular formula is C20H28F3N7O2. The molecule has 0 saturated carbocycles. The van der Waals surface area contributed by atoms with E-state index in [0.29, 0.717) is 26.3 Å². The Morgan fingerprint density at radius 2 is 1.81 bits per heavy atom. The van der Waals surface area contributed by atoms with Crippen LogP contribution in [0.3, 0.4) is 0 Å². The molecule has 176 valence electrons. The molecule has 4 rings (SSSR count). The summed E-state index contributed by atoms with van der Waals surface area (Å²) < 4.78 is 52.1. The highest BCUT2D eigenvalue weighted by atomic mass is 19.4. The molecule has 2 aromatic rings. The number of hydrogen-bond donors (Lipinski definition) is 2. The second kappa shape index (κ2) is 10.7. The number of nitrogens with one attached hydrogen (secondary N) is 1. The predicted octanol–water partition coefficient (Wildman–Crippen LogP) is 2.53. The van der Waals surface area contributed by atoms with Gasteiger partial charge in [0.25, 0.3) is 0 Å². The lowest BCUT2D eigenvalue weighted by molar-refractivity contribution is -0.140. The molecule has 0 aliphatic carbocycles. The van der Waals surface area contributed by atoms with Gasteiger partial charge in [0.2, 0.25) is 17.8 Å². The molecule has 3 N–H and O–H groups in total. The fourth-order valence-corrected chi connectivity index (χ4v) is 3.40. The molecule has 2 fully saturated rings. The van der Waals surface area contributed by atoms with E-state index >= 15 is 0 Å². The minimum absolute atomic E-state index is 0.0303. The molecule has 0 radical (unpaired) electrons. The van der Waals surface area contributed by atoms with Gasteiger partial charge in [0.1, 0.15) is 6.10 Å². The average molecular weight is 455 g/mol. The van der Waals surface area contributed by atoms with Crippen LogP contribution in [0.5, 0.6) is 5.88 Å². The van der Waals surface area contributed by atoms with Crippen LogP contribution < -0.4 is 20.7 Å². The van der Waals surface area contributed by atoms with Crippen molar-refractivity contribution >= 4 is 11.9 Å². The Morgan fingerprint density at radius 3 is 2.47 bits per heavy atom. The van der Waals surface area contributed by atoms with Gasteiger partial charge in [0.15, 0.2) is 5.69 Å². The van der Waals surface area contributed by atoms with Crippen molar-refractivity contribution in [3.05, 3.63) is 18.0 Å². The third-order valence-electron chi connectivity index (χ3n) is 4.91. The summed E-state index contributed by atoms with van der Waals surface area (Å²) in [5, 5.41) is 3.24. The largest absolute Gasteiger partial charge is 0.474 e. The summed E-state index contributed by atoms with van der Waals surface area (Å²) in [6.45, 7) is 7.64. The van der Waals surface area contributed by atoms with Crippen LogP contribution in [-0.4, -0.2) is 65.4 Å². The molecular weight excluding hydrogens is 427 g/mol. The van der Waals surface area contributed by atoms with Gasteiger partial charge < -0.3 is 25.4 Å². The Bertz CT molecular complexity index is 886. The van der Waals surface area contributed by atoms with Gasteiger partial charge in [-0.15, -0.1) is 0 Å². The zero-order chi connectivity index (χ0) is 23.1. The SMILES string of the molecule is CC.Nc1ncc(-c2cc(OC3CCNCC3)nc(N3CCOCC3)n2)c(C(F)(F)F)n1. The van der Waals surface area contributed by atoms with E-state index in [-0.39, 0.29) is 29.2 Å². The standard InChI is InChI=1S/C18H22F3N7O2.C2H6/c19-18(20,21)15-12(10-24-16(22)27-15)13-9-14(30-11-1-3-23-4-2-11)26-17(25-13)28-5-7-29-8-6-28;1-2/h9-11,23H,1-8H2,(H2,22,24,27);1-2H3. The molecule has 4 heterocycles. The van der Waals surface area contributed by atoms with Gasteiger partial charge in [-0.1, -0.05) is 13.8 Å². The number of alkyl halides is 3. The third-order valence-corrected chi connectivity index (χ3v) is 4.91. The van der Waals surface area contributed by atoms with Gasteiger partial charge in [0.05, 0.1) is 18.9 Å². The number of ether oxygens (including phenoxy) is 2. The topological polar surface area (TPSA) is 111 Å². The minimum atomic E-state index is -4.72. The monoisotopic (exact) mass is 455 g/mol. The number of nitrogens with two attached hydrogens (primary N) is 1. The maximum absolute atomic E-state index is 13.6. The van der Waals surface area contributed by atoms with E-state index in [2.05, 4.69) is 25.3 Å². The first-order valence-electron chi connectivity index (χ1n) is 10.7. The molecule has 0 bridgehead atoms. The first-order chi connectivity index (χ1) is 15.4. The molecule has 0 unspecified atom stereocenters. The Kier molecular flexibility index (Phi) is 8.02. The third kappa shape index (κ3) is 5.94. The van der Waals surface area contributed by atoms with E-state index < -0.39 is 17.8 Å². The number of rotatable bonds is 4. The van der Waals surface area contributed by atoms with Gasteiger partial charge in [-0.2, -0.15) is 18.2 Å². The average Bonchev–Trinajstić information content (AvgIpc) is 2.81. The Morgan fingerprint density at radius 1 is 1.12 bits per heavy atom.